The molecule has 1 spiro atoms. The van der Waals surface area contributed by atoms with E-state index in [4.69, 9.17) is 16.3 Å². The average molecular weight is 385 g/mol. The van der Waals surface area contributed by atoms with Crippen LogP contribution in [0.4, 0.5) is 4.79 Å². The second-order valence-electron chi connectivity index (χ2n) is 6.96. The van der Waals surface area contributed by atoms with Crippen molar-refractivity contribution >= 4 is 23.5 Å². The van der Waals surface area contributed by atoms with Crippen LogP contribution in [0.2, 0.25) is 5.02 Å². The van der Waals surface area contributed by atoms with Crippen molar-refractivity contribution in [3.63, 3.8) is 0 Å². The number of imide groups is 1. The van der Waals surface area contributed by atoms with E-state index in [9.17, 15) is 9.59 Å². The number of halogens is 1. The minimum absolute atomic E-state index is 0.147. The lowest BCUT2D eigenvalue weighted by atomic mass is 9.76. The zero-order valence-electron chi connectivity index (χ0n) is 14.9. The molecule has 2 aromatic carbocycles. The van der Waals surface area contributed by atoms with Gasteiger partial charge in [0.15, 0.2) is 0 Å². The van der Waals surface area contributed by atoms with Gasteiger partial charge in [-0.1, -0.05) is 35.9 Å². The Labute approximate surface area is 163 Å². The molecule has 1 fully saturated rings. The summed E-state index contributed by atoms with van der Waals surface area (Å²) in [7, 11) is 0. The molecule has 1 aliphatic carbocycles. The zero-order chi connectivity index (χ0) is 18.9. The molecule has 1 atom stereocenters. The van der Waals surface area contributed by atoms with Gasteiger partial charge in [0, 0.05) is 11.6 Å². The van der Waals surface area contributed by atoms with E-state index >= 15 is 0 Å². The molecule has 4 rings (SSSR count). The van der Waals surface area contributed by atoms with Gasteiger partial charge in [-0.15, -0.1) is 0 Å². The average Bonchev–Trinajstić information content (AvgIpc) is 2.91. The second kappa shape index (κ2) is 7.24. The first kappa shape index (κ1) is 17.9. The lowest BCUT2D eigenvalue weighted by molar-refractivity contribution is -0.132. The van der Waals surface area contributed by atoms with E-state index in [1.807, 2.05) is 24.3 Å². The molecule has 1 heterocycles. The van der Waals surface area contributed by atoms with Crippen LogP contribution in [0, 0.1) is 0 Å². The van der Waals surface area contributed by atoms with Crippen molar-refractivity contribution in [3.05, 3.63) is 64.7 Å². The topological polar surface area (TPSA) is 58.6 Å². The Bertz CT molecular complexity index is 868. The molecule has 0 saturated carbocycles. The maximum atomic E-state index is 13.1. The molecule has 140 valence electrons. The van der Waals surface area contributed by atoms with Crippen LogP contribution >= 0.6 is 11.6 Å². The maximum absolute atomic E-state index is 13.1. The molecule has 2 aliphatic rings. The van der Waals surface area contributed by atoms with Gasteiger partial charge in [-0.3, -0.25) is 9.69 Å². The molecule has 6 heteroatoms. The number of carbonyl (C=O) groups is 2. The van der Waals surface area contributed by atoms with Crippen molar-refractivity contribution in [2.45, 2.75) is 31.2 Å². The monoisotopic (exact) mass is 384 g/mol. The van der Waals surface area contributed by atoms with Gasteiger partial charge in [0.1, 0.15) is 11.3 Å². The zero-order valence-corrected chi connectivity index (χ0v) is 15.7. The van der Waals surface area contributed by atoms with Crippen molar-refractivity contribution < 1.29 is 14.3 Å². The van der Waals surface area contributed by atoms with E-state index in [1.54, 1.807) is 24.3 Å². The smallest absolute Gasteiger partial charge is 0.325 e. The fourth-order valence-corrected chi connectivity index (χ4v) is 4.08. The molecular formula is C21H21ClN2O3. The number of benzene rings is 2. The summed E-state index contributed by atoms with van der Waals surface area (Å²) in [4.78, 5) is 27.0. The largest absolute Gasteiger partial charge is 0.494 e. The number of ether oxygens (including phenoxy) is 1. The summed E-state index contributed by atoms with van der Waals surface area (Å²) < 4.78 is 5.66. The van der Waals surface area contributed by atoms with Gasteiger partial charge in [-0.25, -0.2) is 4.79 Å². The van der Waals surface area contributed by atoms with E-state index in [1.165, 1.54) is 4.90 Å². The third kappa shape index (κ3) is 3.28. The molecule has 0 aromatic heterocycles. The van der Waals surface area contributed by atoms with Crippen LogP contribution in [-0.2, 0) is 16.8 Å². The van der Waals surface area contributed by atoms with Gasteiger partial charge < -0.3 is 10.1 Å². The highest BCUT2D eigenvalue weighted by atomic mass is 35.5. The van der Waals surface area contributed by atoms with Crippen molar-refractivity contribution in [2.24, 2.45) is 0 Å². The summed E-state index contributed by atoms with van der Waals surface area (Å²) >= 11 is 5.85. The predicted molar refractivity (Wildman–Crippen MR) is 103 cm³/mol. The molecule has 5 nitrogen and oxygen atoms in total. The molecule has 2 aromatic rings. The first-order valence-corrected chi connectivity index (χ1v) is 9.59. The summed E-state index contributed by atoms with van der Waals surface area (Å²) in [5.41, 5.74) is 1.18. The first-order chi connectivity index (χ1) is 13.1. The predicted octanol–water partition coefficient (Wildman–Crippen LogP) is 3.89. The minimum Gasteiger partial charge on any atom is -0.494 e. The molecule has 27 heavy (non-hydrogen) atoms. The summed E-state index contributed by atoms with van der Waals surface area (Å²) in [6.07, 6.45) is 3.04. The third-order valence-electron chi connectivity index (χ3n) is 5.26. The van der Waals surface area contributed by atoms with Gasteiger partial charge in [0.25, 0.3) is 5.91 Å². The van der Waals surface area contributed by atoms with Crippen LogP contribution in [0.3, 0.4) is 0 Å². The number of hydrogen-bond acceptors (Lipinski definition) is 3. The van der Waals surface area contributed by atoms with E-state index in [0.717, 1.165) is 24.0 Å². The fourth-order valence-electron chi connectivity index (χ4n) is 3.96. The van der Waals surface area contributed by atoms with Crippen LogP contribution < -0.4 is 10.1 Å². The van der Waals surface area contributed by atoms with E-state index in [-0.39, 0.29) is 11.9 Å². The van der Waals surface area contributed by atoms with Crippen molar-refractivity contribution in [3.8, 4) is 5.75 Å². The molecule has 1 aliphatic heterocycles. The Morgan fingerprint density at radius 1 is 1.11 bits per heavy atom. The first-order valence-electron chi connectivity index (χ1n) is 9.21. The van der Waals surface area contributed by atoms with Gasteiger partial charge in [0.2, 0.25) is 0 Å². The Kier molecular flexibility index (Phi) is 4.79. The number of carbonyl (C=O) groups excluding carboxylic acids is 2. The number of amides is 3. The van der Waals surface area contributed by atoms with Crippen molar-refractivity contribution in [1.82, 2.24) is 10.2 Å². The lowest BCUT2D eigenvalue weighted by Gasteiger charge is -2.33. The quantitative estimate of drug-likeness (QED) is 0.628. The molecule has 0 unspecified atom stereocenters. The SMILES string of the molecule is O=C1N[C@@]2(CCCc3ccccc32)C(=O)N1CCCOc1ccc(Cl)cc1. The number of urea groups is 1. The summed E-state index contributed by atoms with van der Waals surface area (Å²) in [5, 5.41) is 3.62. The number of rotatable bonds is 5. The highest BCUT2D eigenvalue weighted by molar-refractivity contribution is 6.30. The number of aryl methyl sites for hydroxylation is 1. The van der Waals surface area contributed by atoms with Crippen LogP contribution in [0.15, 0.2) is 48.5 Å². The molecule has 0 radical (unpaired) electrons. The van der Waals surface area contributed by atoms with Crippen LogP contribution in [-0.4, -0.2) is 30.0 Å². The standard InChI is InChI=1S/C21H21ClN2O3/c22-16-8-10-17(11-9-16)27-14-4-13-24-19(25)21(23-20(24)26)12-3-6-15-5-1-2-7-18(15)21/h1-2,5,7-11H,3-4,6,12-14H2,(H,23,26)/t21-/m1/s1. The Morgan fingerprint density at radius 3 is 2.70 bits per heavy atom. The maximum Gasteiger partial charge on any atom is 0.325 e. The minimum atomic E-state index is -0.900. The molecule has 1 saturated heterocycles. The molecular weight excluding hydrogens is 364 g/mol. The van der Waals surface area contributed by atoms with E-state index in [2.05, 4.69) is 5.32 Å². The van der Waals surface area contributed by atoms with Gasteiger partial charge in [0.05, 0.1) is 6.61 Å². The molecule has 1 N–H and O–H groups in total. The number of hydrogen-bond donors (Lipinski definition) is 1. The van der Waals surface area contributed by atoms with E-state index < -0.39 is 5.54 Å². The van der Waals surface area contributed by atoms with Gasteiger partial charge in [-0.05, 0) is 61.1 Å². The third-order valence-corrected chi connectivity index (χ3v) is 5.51. The summed E-state index contributed by atoms with van der Waals surface area (Å²) in [6.45, 7) is 0.754. The normalized spacial score (nSPS) is 21.3. The lowest BCUT2D eigenvalue weighted by Crippen LogP contribution is -2.46. The van der Waals surface area contributed by atoms with Gasteiger partial charge >= 0.3 is 6.03 Å². The van der Waals surface area contributed by atoms with Crippen molar-refractivity contribution in [1.29, 1.82) is 0 Å². The van der Waals surface area contributed by atoms with Gasteiger partial charge in [-0.2, -0.15) is 0 Å². The Balaban J connectivity index is 1.41. The fraction of sp³-hybridized carbons (Fsp3) is 0.333. The van der Waals surface area contributed by atoms with Crippen LogP contribution in [0.5, 0.6) is 5.75 Å². The number of nitrogens with one attached hydrogen (secondary N) is 1. The Hall–Kier alpha value is -2.53. The Morgan fingerprint density at radius 2 is 1.89 bits per heavy atom. The molecule has 3 amide bonds. The number of fused-ring (bicyclic) bond motifs is 2. The number of nitrogens with zero attached hydrogens (tertiary/aromatic N) is 1. The summed E-state index contributed by atoms with van der Waals surface area (Å²) in [6, 6.07) is 14.7. The van der Waals surface area contributed by atoms with Crippen molar-refractivity contribution in [2.75, 3.05) is 13.2 Å². The van der Waals surface area contributed by atoms with Crippen LogP contribution in [0.1, 0.15) is 30.4 Å². The highest BCUT2D eigenvalue weighted by Gasteiger charge is 2.53. The second-order valence-corrected chi connectivity index (χ2v) is 7.40. The summed E-state index contributed by atoms with van der Waals surface area (Å²) in [5.74, 6) is 0.570. The van der Waals surface area contributed by atoms with E-state index in [0.29, 0.717) is 36.8 Å². The molecule has 0 bridgehead atoms. The van der Waals surface area contributed by atoms with Crippen LogP contribution in [0.25, 0.3) is 0 Å². The highest BCUT2D eigenvalue weighted by Crippen LogP contribution is 2.39.